The van der Waals surface area contributed by atoms with E-state index in [2.05, 4.69) is 26.3 Å². The third-order valence-corrected chi connectivity index (χ3v) is 6.30. The molecule has 1 N–H and O–H groups in total. The Balaban J connectivity index is 1.51. The first-order chi connectivity index (χ1) is 19.4. The second-order valence-corrected chi connectivity index (χ2v) is 9.47. The van der Waals surface area contributed by atoms with E-state index >= 15 is 0 Å². The van der Waals surface area contributed by atoms with Gasteiger partial charge in [-0.25, -0.2) is 9.37 Å². The number of methoxy groups -OCH3 is 1. The topological polar surface area (TPSA) is 94.8 Å². The first-order valence-corrected chi connectivity index (χ1v) is 12.9. The molecule has 0 aliphatic carbocycles. The molecule has 5 rings (SSSR count). The van der Waals surface area contributed by atoms with Gasteiger partial charge in [0, 0.05) is 21.3 Å². The highest BCUT2D eigenvalue weighted by Crippen LogP contribution is 2.34. The predicted molar refractivity (Wildman–Crippen MR) is 156 cm³/mol. The van der Waals surface area contributed by atoms with Crippen molar-refractivity contribution in [3.8, 4) is 22.9 Å². The molecule has 0 atom stereocenters. The molecule has 5 aromatic rings. The summed E-state index contributed by atoms with van der Waals surface area (Å²) in [6, 6.07) is 25.1. The second-order valence-electron chi connectivity index (χ2n) is 8.55. The van der Waals surface area contributed by atoms with E-state index in [4.69, 9.17) is 14.5 Å². The van der Waals surface area contributed by atoms with Crippen molar-refractivity contribution in [1.29, 1.82) is 0 Å². The molecule has 200 valence electrons. The summed E-state index contributed by atoms with van der Waals surface area (Å²) >= 11 is 3.45. The number of anilines is 1. The minimum absolute atomic E-state index is 0.242. The third-order valence-electron chi connectivity index (χ3n) is 5.84. The maximum atomic E-state index is 13.5. The van der Waals surface area contributed by atoms with Crippen LogP contribution >= 0.6 is 15.9 Å². The maximum Gasteiger partial charge on any atom is 0.282 e. The average Bonchev–Trinajstić information content (AvgIpc) is 2.97. The van der Waals surface area contributed by atoms with Gasteiger partial charge in [0.25, 0.3) is 11.5 Å². The molecule has 1 aromatic heterocycles. The average molecular weight is 601 g/mol. The summed E-state index contributed by atoms with van der Waals surface area (Å²) in [6.45, 7) is -0.358. The maximum absolute atomic E-state index is 13.5. The number of amides is 1. The van der Waals surface area contributed by atoms with Crippen LogP contribution in [0.25, 0.3) is 22.3 Å². The third kappa shape index (κ3) is 5.92. The zero-order valence-corrected chi connectivity index (χ0v) is 22.8. The van der Waals surface area contributed by atoms with Gasteiger partial charge in [-0.05, 0) is 48.5 Å². The van der Waals surface area contributed by atoms with E-state index in [1.807, 2.05) is 36.4 Å². The predicted octanol–water partition coefficient (Wildman–Crippen LogP) is 5.87. The first-order valence-electron chi connectivity index (χ1n) is 12.1. The van der Waals surface area contributed by atoms with Crippen molar-refractivity contribution in [2.45, 2.75) is 0 Å². The van der Waals surface area contributed by atoms with Crippen LogP contribution in [0.15, 0.2) is 105 Å². The van der Waals surface area contributed by atoms with Crippen LogP contribution in [-0.4, -0.2) is 35.5 Å². The Bertz CT molecular complexity index is 1770. The lowest BCUT2D eigenvalue weighted by Gasteiger charge is -2.14. The van der Waals surface area contributed by atoms with Gasteiger partial charge in [0.1, 0.15) is 5.82 Å². The number of carbonyl (C=O) groups is 1. The molecule has 0 saturated carbocycles. The molecule has 0 radical (unpaired) electrons. The number of carbonyl (C=O) groups excluding carboxylic acids is 1. The first kappa shape index (κ1) is 26.8. The number of rotatable bonds is 8. The minimum Gasteiger partial charge on any atom is -0.493 e. The highest BCUT2D eigenvalue weighted by Gasteiger charge is 2.16. The number of aromatic nitrogens is 2. The fourth-order valence-electron chi connectivity index (χ4n) is 3.98. The van der Waals surface area contributed by atoms with E-state index in [0.717, 1.165) is 0 Å². The molecule has 10 heteroatoms. The summed E-state index contributed by atoms with van der Waals surface area (Å²) in [6.07, 6.45) is 1.45. The molecular weight excluding hydrogens is 579 g/mol. The second kappa shape index (κ2) is 11.9. The van der Waals surface area contributed by atoms with Crippen LogP contribution in [-0.2, 0) is 4.79 Å². The molecule has 0 aliphatic rings. The van der Waals surface area contributed by atoms with E-state index in [-0.39, 0.29) is 17.9 Å². The summed E-state index contributed by atoms with van der Waals surface area (Å²) in [7, 11) is 1.47. The Morgan fingerprint density at radius 1 is 1.05 bits per heavy atom. The smallest absolute Gasteiger partial charge is 0.282 e. The van der Waals surface area contributed by atoms with Gasteiger partial charge in [-0.1, -0.05) is 58.4 Å². The normalized spacial score (nSPS) is 11.1. The van der Waals surface area contributed by atoms with Crippen molar-refractivity contribution in [2.75, 3.05) is 19.0 Å². The van der Waals surface area contributed by atoms with Crippen molar-refractivity contribution in [2.24, 2.45) is 5.10 Å². The molecule has 1 heterocycles. The highest BCUT2D eigenvalue weighted by molar-refractivity contribution is 9.10. The number of ether oxygens (including phenoxy) is 2. The lowest BCUT2D eigenvalue weighted by molar-refractivity contribution is -0.118. The van der Waals surface area contributed by atoms with Crippen LogP contribution in [0.3, 0.4) is 0 Å². The quantitative estimate of drug-likeness (QED) is 0.225. The molecule has 0 spiro atoms. The Labute approximate surface area is 236 Å². The van der Waals surface area contributed by atoms with Crippen LogP contribution in [0.2, 0.25) is 0 Å². The largest absolute Gasteiger partial charge is 0.493 e. The number of hydrogen-bond donors (Lipinski definition) is 1. The van der Waals surface area contributed by atoms with E-state index < -0.39 is 11.7 Å². The Morgan fingerprint density at radius 3 is 2.52 bits per heavy atom. The summed E-state index contributed by atoms with van der Waals surface area (Å²) in [5.41, 5.74) is 1.79. The van der Waals surface area contributed by atoms with Gasteiger partial charge in [-0.3, -0.25) is 9.59 Å². The summed E-state index contributed by atoms with van der Waals surface area (Å²) in [5.74, 6) is 0.0859. The number of nitrogens with zero attached hydrogens (tertiary/aromatic N) is 3. The molecular formula is C30H22BrFN4O4. The van der Waals surface area contributed by atoms with Crippen LogP contribution in [0.5, 0.6) is 11.5 Å². The lowest BCUT2D eigenvalue weighted by Crippen LogP contribution is -2.21. The molecule has 1 amide bonds. The summed E-state index contributed by atoms with van der Waals surface area (Å²) in [5, 5.41) is 7.57. The standard InChI is InChI=1S/C30H22BrFN4O4/c1-39-26-16-21(31)15-20(28(26)40-18-27(37)34-23-13-11-22(32)12-14-23)17-33-36-29(19-7-3-2-4-8-19)35-25-10-6-5-9-24(25)30(36)38/h2-17H,18H2,1H3,(H,34,37). The van der Waals surface area contributed by atoms with Gasteiger partial charge >= 0.3 is 0 Å². The summed E-state index contributed by atoms with van der Waals surface area (Å²) in [4.78, 5) is 30.7. The van der Waals surface area contributed by atoms with E-state index in [1.54, 1.807) is 30.3 Å². The fraction of sp³-hybridized carbons (Fsp3) is 0.0667. The number of fused-ring (bicyclic) bond motifs is 1. The van der Waals surface area contributed by atoms with E-state index in [0.29, 0.717) is 43.8 Å². The molecule has 8 nitrogen and oxygen atoms in total. The van der Waals surface area contributed by atoms with Crippen molar-refractivity contribution in [3.63, 3.8) is 0 Å². The van der Waals surface area contributed by atoms with Crippen molar-refractivity contribution < 1.29 is 18.7 Å². The van der Waals surface area contributed by atoms with Crippen LogP contribution in [0.1, 0.15) is 5.56 Å². The van der Waals surface area contributed by atoms with Gasteiger partial charge in [-0.15, -0.1) is 0 Å². The minimum atomic E-state index is -0.458. The van der Waals surface area contributed by atoms with Crippen molar-refractivity contribution in [1.82, 2.24) is 9.66 Å². The van der Waals surface area contributed by atoms with Gasteiger partial charge in [0.2, 0.25) is 0 Å². The van der Waals surface area contributed by atoms with Gasteiger partial charge in [0.05, 0.1) is 24.2 Å². The van der Waals surface area contributed by atoms with Crippen LogP contribution in [0.4, 0.5) is 10.1 Å². The van der Waals surface area contributed by atoms with Gasteiger partial charge < -0.3 is 14.8 Å². The van der Waals surface area contributed by atoms with Crippen molar-refractivity contribution in [3.05, 3.63) is 117 Å². The zero-order chi connectivity index (χ0) is 28.1. The highest BCUT2D eigenvalue weighted by atomic mass is 79.9. The number of nitrogens with one attached hydrogen (secondary N) is 1. The molecule has 0 bridgehead atoms. The molecule has 40 heavy (non-hydrogen) atoms. The fourth-order valence-corrected chi connectivity index (χ4v) is 4.44. The van der Waals surface area contributed by atoms with E-state index in [1.165, 1.54) is 42.3 Å². The Kier molecular flexibility index (Phi) is 7.97. The van der Waals surface area contributed by atoms with Crippen molar-refractivity contribution >= 4 is 44.6 Å². The molecule has 4 aromatic carbocycles. The van der Waals surface area contributed by atoms with Gasteiger partial charge in [0.15, 0.2) is 23.9 Å². The monoisotopic (exact) mass is 600 g/mol. The number of hydrogen-bond acceptors (Lipinski definition) is 6. The summed E-state index contributed by atoms with van der Waals surface area (Å²) < 4.78 is 26.4. The molecule has 0 saturated heterocycles. The van der Waals surface area contributed by atoms with E-state index in [9.17, 15) is 14.0 Å². The number of benzene rings is 4. The zero-order valence-electron chi connectivity index (χ0n) is 21.2. The SMILES string of the molecule is COc1cc(Br)cc(C=Nn2c(-c3ccccc3)nc3ccccc3c2=O)c1OCC(=O)Nc1ccc(F)cc1. The lowest BCUT2D eigenvalue weighted by atomic mass is 10.2. The Hall–Kier alpha value is -4.83. The molecule has 0 fully saturated rings. The van der Waals surface area contributed by atoms with Gasteiger partial charge in [-0.2, -0.15) is 9.78 Å². The van der Waals surface area contributed by atoms with Crippen LogP contribution in [0, 0.1) is 5.82 Å². The number of para-hydroxylation sites is 1. The Morgan fingerprint density at radius 2 is 1.77 bits per heavy atom. The molecule has 0 aliphatic heterocycles. The molecule has 0 unspecified atom stereocenters. The number of halogens is 2. The van der Waals surface area contributed by atoms with Crippen LogP contribution < -0.4 is 20.3 Å².